The van der Waals surface area contributed by atoms with Gasteiger partial charge in [-0.15, -0.1) is 0 Å². The number of benzene rings is 1. The predicted molar refractivity (Wildman–Crippen MR) is 108 cm³/mol. The summed E-state index contributed by atoms with van der Waals surface area (Å²) in [5, 5.41) is 0. The fourth-order valence-corrected chi connectivity index (χ4v) is 6.50. The van der Waals surface area contributed by atoms with E-state index in [0.29, 0.717) is 5.92 Å². The van der Waals surface area contributed by atoms with Crippen LogP contribution >= 0.6 is 0 Å². The van der Waals surface area contributed by atoms with Crippen LogP contribution in [-0.2, 0) is 0 Å². The maximum Gasteiger partial charge on any atom is 0.159 e. The van der Waals surface area contributed by atoms with Gasteiger partial charge in [0.1, 0.15) is 0 Å². The molecule has 0 saturated heterocycles. The molecule has 0 bridgehead atoms. The van der Waals surface area contributed by atoms with Gasteiger partial charge < -0.3 is 0 Å². The molecule has 3 aliphatic rings. The molecule has 3 aliphatic carbocycles. The molecular weight excluding hydrogens is 338 g/mol. The van der Waals surface area contributed by atoms with Crippen LogP contribution in [0.25, 0.3) is 0 Å². The molecule has 1 aromatic carbocycles. The Morgan fingerprint density at radius 2 is 1.37 bits per heavy atom. The van der Waals surface area contributed by atoms with E-state index >= 15 is 0 Å². The quantitative estimate of drug-likeness (QED) is 0.478. The summed E-state index contributed by atoms with van der Waals surface area (Å²) < 4.78 is 26.9. The molecule has 27 heavy (non-hydrogen) atoms. The molecule has 0 aliphatic heterocycles. The average Bonchev–Trinajstić information content (AvgIpc) is 2.70. The second-order valence-electron chi connectivity index (χ2n) is 9.48. The summed E-state index contributed by atoms with van der Waals surface area (Å²) >= 11 is 0. The van der Waals surface area contributed by atoms with E-state index in [0.717, 1.165) is 41.6 Å². The van der Waals surface area contributed by atoms with Gasteiger partial charge >= 0.3 is 0 Å². The van der Waals surface area contributed by atoms with Crippen molar-refractivity contribution in [2.24, 2.45) is 29.6 Å². The van der Waals surface area contributed by atoms with Crippen molar-refractivity contribution < 1.29 is 8.78 Å². The zero-order valence-electron chi connectivity index (χ0n) is 16.7. The van der Waals surface area contributed by atoms with Crippen molar-refractivity contribution in [3.63, 3.8) is 0 Å². The van der Waals surface area contributed by atoms with Crippen LogP contribution in [0.3, 0.4) is 0 Å². The van der Waals surface area contributed by atoms with Gasteiger partial charge in [0.15, 0.2) is 11.6 Å². The minimum absolute atomic E-state index is 0.425. The molecule has 4 unspecified atom stereocenters. The van der Waals surface area contributed by atoms with Crippen LogP contribution in [0.5, 0.6) is 0 Å². The maximum absolute atomic E-state index is 13.6. The molecule has 3 fully saturated rings. The minimum Gasteiger partial charge on any atom is -0.204 e. The lowest BCUT2D eigenvalue weighted by Gasteiger charge is -2.45. The van der Waals surface area contributed by atoms with Crippen LogP contribution in [0.1, 0.15) is 82.6 Å². The molecule has 0 N–H and O–H groups in total. The highest BCUT2D eigenvalue weighted by Gasteiger charge is 2.39. The SMILES string of the molecule is C/C=C/C1CCC(C2CCC3CC(c4ccc(F)c(F)c4)CCC3C2)CC1. The van der Waals surface area contributed by atoms with Gasteiger partial charge in [0.25, 0.3) is 0 Å². The van der Waals surface area contributed by atoms with Gasteiger partial charge in [0.2, 0.25) is 0 Å². The van der Waals surface area contributed by atoms with E-state index in [9.17, 15) is 8.78 Å². The van der Waals surface area contributed by atoms with Gasteiger partial charge in [-0.3, -0.25) is 0 Å². The predicted octanol–water partition coefficient (Wildman–Crippen LogP) is 7.65. The van der Waals surface area contributed by atoms with Crippen LogP contribution in [0.15, 0.2) is 30.4 Å². The molecule has 1 aromatic rings. The van der Waals surface area contributed by atoms with Crippen LogP contribution in [-0.4, -0.2) is 0 Å². The lowest BCUT2D eigenvalue weighted by atomic mass is 9.60. The Balaban J connectivity index is 1.32. The molecule has 0 aromatic heterocycles. The molecular formula is C25H34F2. The third-order valence-corrected chi connectivity index (χ3v) is 8.02. The Kier molecular flexibility index (Phi) is 5.99. The lowest BCUT2D eigenvalue weighted by molar-refractivity contribution is 0.0747. The van der Waals surface area contributed by atoms with Gasteiger partial charge in [0, 0.05) is 0 Å². The van der Waals surface area contributed by atoms with E-state index in [1.807, 2.05) is 0 Å². The summed E-state index contributed by atoms with van der Waals surface area (Å²) in [4.78, 5) is 0. The molecule has 148 valence electrons. The molecule has 4 atom stereocenters. The number of halogens is 2. The van der Waals surface area contributed by atoms with Crippen LogP contribution in [0.4, 0.5) is 8.78 Å². The number of allylic oxidation sites excluding steroid dienone is 2. The molecule has 0 radical (unpaired) electrons. The third kappa shape index (κ3) is 4.30. The smallest absolute Gasteiger partial charge is 0.159 e. The molecule has 0 nitrogen and oxygen atoms in total. The summed E-state index contributed by atoms with van der Waals surface area (Å²) in [6.45, 7) is 2.14. The minimum atomic E-state index is -0.725. The number of rotatable bonds is 3. The highest BCUT2D eigenvalue weighted by Crippen LogP contribution is 2.50. The standard InChI is InChI=1S/C25H34F2/c1-2-3-17-4-6-18(7-5-17)19-8-9-21-15-22(11-10-20(21)14-19)23-12-13-24(26)25(27)16-23/h2-3,12-13,16-22H,4-11,14-15H2,1H3/b3-2+. The molecule has 2 heteroatoms. The largest absolute Gasteiger partial charge is 0.204 e. The van der Waals surface area contributed by atoms with E-state index in [1.54, 1.807) is 6.07 Å². The van der Waals surface area contributed by atoms with Crippen molar-refractivity contribution in [3.8, 4) is 0 Å². The number of hydrogen-bond acceptors (Lipinski definition) is 0. The topological polar surface area (TPSA) is 0 Å². The van der Waals surface area contributed by atoms with Crippen molar-refractivity contribution >= 4 is 0 Å². The molecule has 0 spiro atoms. The normalized spacial score (nSPS) is 37.3. The lowest BCUT2D eigenvalue weighted by Crippen LogP contribution is -2.34. The van der Waals surface area contributed by atoms with Crippen LogP contribution in [0, 0.1) is 41.2 Å². The first-order valence-corrected chi connectivity index (χ1v) is 11.2. The Morgan fingerprint density at radius 3 is 2.07 bits per heavy atom. The Labute approximate surface area is 163 Å². The highest BCUT2D eigenvalue weighted by molar-refractivity contribution is 5.22. The van der Waals surface area contributed by atoms with Gasteiger partial charge in [-0.2, -0.15) is 0 Å². The average molecular weight is 373 g/mol. The van der Waals surface area contributed by atoms with Crippen molar-refractivity contribution in [1.29, 1.82) is 0 Å². The van der Waals surface area contributed by atoms with Crippen LogP contribution < -0.4 is 0 Å². The van der Waals surface area contributed by atoms with E-state index in [-0.39, 0.29) is 0 Å². The fraction of sp³-hybridized carbons (Fsp3) is 0.680. The molecule has 4 rings (SSSR count). The Bertz CT molecular complexity index is 656. The third-order valence-electron chi connectivity index (χ3n) is 8.02. The Morgan fingerprint density at radius 1 is 0.741 bits per heavy atom. The monoisotopic (exact) mass is 372 g/mol. The number of hydrogen-bond donors (Lipinski definition) is 0. The summed E-state index contributed by atoms with van der Waals surface area (Å²) in [5.74, 6) is 3.41. The first-order valence-electron chi connectivity index (χ1n) is 11.2. The highest BCUT2D eigenvalue weighted by atomic mass is 19.2. The van der Waals surface area contributed by atoms with Crippen molar-refractivity contribution in [1.82, 2.24) is 0 Å². The fourth-order valence-electron chi connectivity index (χ4n) is 6.50. The zero-order chi connectivity index (χ0) is 18.8. The summed E-state index contributed by atoms with van der Waals surface area (Å²) in [6, 6.07) is 4.55. The second-order valence-corrected chi connectivity index (χ2v) is 9.48. The summed E-state index contributed by atoms with van der Waals surface area (Å²) in [7, 11) is 0. The van der Waals surface area contributed by atoms with E-state index < -0.39 is 11.6 Å². The first kappa shape index (κ1) is 19.2. The molecule has 0 amide bonds. The first-order chi connectivity index (χ1) is 13.1. The van der Waals surface area contributed by atoms with Gasteiger partial charge in [-0.25, -0.2) is 8.78 Å². The summed E-state index contributed by atoms with van der Waals surface area (Å²) in [5.41, 5.74) is 1.01. The second kappa shape index (κ2) is 8.45. The van der Waals surface area contributed by atoms with E-state index in [1.165, 1.54) is 69.9 Å². The Hall–Kier alpha value is -1.18. The van der Waals surface area contributed by atoms with E-state index in [2.05, 4.69) is 19.1 Å². The van der Waals surface area contributed by atoms with Crippen LogP contribution in [0.2, 0.25) is 0 Å². The maximum atomic E-state index is 13.6. The number of fused-ring (bicyclic) bond motifs is 1. The van der Waals surface area contributed by atoms with Gasteiger partial charge in [0.05, 0.1) is 0 Å². The van der Waals surface area contributed by atoms with Crippen molar-refractivity contribution in [2.45, 2.75) is 77.0 Å². The van der Waals surface area contributed by atoms with E-state index in [4.69, 9.17) is 0 Å². The zero-order valence-corrected chi connectivity index (χ0v) is 16.7. The van der Waals surface area contributed by atoms with Gasteiger partial charge in [-0.05, 0) is 124 Å². The molecule has 0 heterocycles. The van der Waals surface area contributed by atoms with Crippen molar-refractivity contribution in [3.05, 3.63) is 47.5 Å². The summed E-state index contributed by atoms with van der Waals surface area (Å²) in [6.07, 6.45) is 18.0. The van der Waals surface area contributed by atoms with Crippen molar-refractivity contribution in [2.75, 3.05) is 0 Å². The van der Waals surface area contributed by atoms with Gasteiger partial charge in [-0.1, -0.05) is 18.2 Å². The molecule has 3 saturated carbocycles.